The molecular weight excluding hydrogens is 246 g/mol. The van der Waals surface area contributed by atoms with Crippen molar-refractivity contribution < 1.29 is 4.74 Å². The van der Waals surface area contributed by atoms with Crippen LogP contribution in [0.4, 0.5) is 5.69 Å². The normalized spacial score (nSPS) is 11.6. The van der Waals surface area contributed by atoms with E-state index in [1.54, 1.807) is 18.3 Å². The van der Waals surface area contributed by atoms with Crippen molar-refractivity contribution in [2.75, 3.05) is 0 Å². The standard InChI is InChI=1S/C15H14ClNO/c1-11-3-8-15(9-12(11)2)17(18)10-13-4-6-14(16)7-5-13/h3-10H,1-2H3. The molecule has 0 amide bonds. The van der Waals surface area contributed by atoms with Gasteiger partial charge in [0.2, 0.25) is 5.69 Å². The predicted octanol–water partition coefficient (Wildman–Crippen LogP) is 4.22. The van der Waals surface area contributed by atoms with Crippen LogP contribution in [-0.4, -0.2) is 11.0 Å². The summed E-state index contributed by atoms with van der Waals surface area (Å²) < 4.78 is 0.871. The minimum absolute atomic E-state index is 0.632. The molecule has 2 rings (SSSR count). The van der Waals surface area contributed by atoms with Crippen molar-refractivity contribution in [3.63, 3.8) is 0 Å². The van der Waals surface area contributed by atoms with Crippen molar-refractivity contribution in [1.29, 1.82) is 0 Å². The summed E-state index contributed by atoms with van der Waals surface area (Å²) in [6.45, 7) is 4.02. The lowest BCUT2D eigenvalue weighted by Crippen LogP contribution is -1.99. The highest BCUT2D eigenvalue weighted by atomic mass is 35.5. The molecule has 0 aliphatic carbocycles. The molecule has 0 saturated heterocycles. The van der Waals surface area contributed by atoms with Gasteiger partial charge in [0.25, 0.3) is 0 Å². The van der Waals surface area contributed by atoms with Gasteiger partial charge in [-0.25, -0.2) is 0 Å². The van der Waals surface area contributed by atoms with Gasteiger partial charge in [0, 0.05) is 22.7 Å². The molecule has 3 heteroatoms. The highest BCUT2D eigenvalue weighted by molar-refractivity contribution is 6.30. The molecule has 0 aliphatic rings. The second-order valence-corrected chi connectivity index (χ2v) is 4.71. The molecule has 0 atom stereocenters. The summed E-state index contributed by atoms with van der Waals surface area (Å²) >= 11 is 5.80. The predicted molar refractivity (Wildman–Crippen MR) is 75.8 cm³/mol. The Hall–Kier alpha value is -1.80. The largest absolute Gasteiger partial charge is 0.618 e. The number of aryl methyl sites for hydroxylation is 2. The van der Waals surface area contributed by atoms with Crippen LogP contribution in [0.15, 0.2) is 42.5 Å². The molecule has 18 heavy (non-hydrogen) atoms. The monoisotopic (exact) mass is 259 g/mol. The van der Waals surface area contributed by atoms with Crippen LogP contribution in [0.3, 0.4) is 0 Å². The number of benzene rings is 2. The summed E-state index contributed by atoms with van der Waals surface area (Å²) in [5.74, 6) is 0. The van der Waals surface area contributed by atoms with Gasteiger partial charge < -0.3 is 5.21 Å². The zero-order valence-corrected chi connectivity index (χ0v) is 11.1. The fourth-order valence-electron chi connectivity index (χ4n) is 1.62. The minimum atomic E-state index is 0.632. The average molecular weight is 260 g/mol. The first kappa shape index (κ1) is 12.7. The number of hydrogen-bond donors (Lipinski definition) is 0. The molecule has 0 aliphatic heterocycles. The van der Waals surface area contributed by atoms with E-state index < -0.39 is 0 Å². The Morgan fingerprint density at radius 1 is 1.00 bits per heavy atom. The Morgan fingerprint density at radius 2 is 1.67 bits per heavy atom. The molecule has 0 heterocycles. The lowest BCUT2D eigenvalue weighted by Gasteiger charge is -2.05. The second kappa shape index (κ2) is 5.23. The van der Waals surface area contributed by atoms with Gasteiger partial charge in [-0.05, 0) is 49.2 Å². The molecule has 2 aromatic rings. The third-order valence-corrected chi connectivity index (χ3v) is 3.13. The lowest BCUT2D eigenvalue weighted by molar-refractivity contribution is -0.354. The number of nitrogens with zero attached hydrogens (tertiary/aromatic N) is 1. The van der Waals surface area contributed by atoms with E-state index in [-0.39, 0.29) is 0 Å². The Balaban J connectivity index is 2.32. The average Bonchev–Trinajstić information content (AvgIpc) is 2.35. The molecule has 0 spiro atoms. The maximum Gasteiger partial charge on any atom is 0.216 e. The summed E-state index contributed by atoms with van der Waals surface area (Å²) in [7, 11) is 0. The molecule has 0 unspecified atom stereocenters. The molecule has 2 nitrogen and oxygen atoms in total. The third kappa shape index (κ3) is 2.90. The summed E-state index contributed by atoms with van der Waals surface area (Å²) in [4.78, 5) is 0. The van der Waals surface area contributed by atoms with Crippen LogP contribution < -0.4 is 0 Å². The molecule has 92 valence electrons. The summed E-state index contributed by atoms with van der Waals surface area (Å²) in [5, 5.41) is 12.7. The lowest BCUT2D eigenvalue weighted by atomic mass is 10.1. The number of halogens is 1. The zero-order valence-electron chi connectivity index (χ0n) is 10.4. The van der Waals surface area contributed by atoms with E-state index in [9.17, 15) is 5.21 Å². The van der Waals surface area contributed by atoms with Gasteiger partial charge in [-0.2, -0.15) is 4.74 Å². The van der Waals surface area contributed by atoms with Crippen molar-refractivity contribution in [2.45, 2.75) is 13.8 Å². The quantitative estimate of drug-likeness (QED) is 0.343. The molecular formula is C15H14ClNO. The highest BCUT2D eigenvalue weighted by Crippen LogP contribution is 2.17. The topological polar surface area (TPSA) is 26.1 Å². The van der Waals surface area contributed by atoms with E-state index >= 15 is 0 Å². The van der Waals surface area contributed by atoms with Gasteiger partial charge in [0.05, 0.1) is 0 Å². The fraction of sp³-hybridized carbons (Fsp3) is 0.133. The second-order valence-electron chi connectivity index (χ2n) is 4.28. The molecule has 0 aromatic heterocycles. The molecule has 0 fully saturated rings. The van der Waals surface area contributed by atoms with Gasteiger partial charge in [-0.15, -0.1) is 0 Å². The number of hydrogen-bond acceptors (Lipinski definition) is 1. The summed E-state index contributed by atoms with van der Waals surface area (Å²) in [6, 6.07) is 12.8. The minimum Gasteiger partial charge on any atom is -0.618 e. The van der Waals surface area contributed by atoms with E-state index in [0.29, 0.717) is 10.7 Å². The van der Waals surface area contributed by atoms with E-state index in [4.69, 9.17) is 11.6 Å². The Bertz CT molecular complexity index is 588. The van der Waals surface area contributed by atoms with Crippen LogP contribution in [0.5, 0.6) is 0 Å². The van der Waals surface area contributed by atoms with E-state index in [1.165, 1.54) is 5.56 Å². The summed E-state index contributed by atoms with van der Waals surface area (Å²) in [5.41, 5.74) is 3.75. The maximum absolute atomic E-state index is 12.0. The molecule has 0 radical (unpaired) electrons. The van der Waals surface area contributed by atoms with Crippen molar-refractivity contribution in [1.82, 2.24) is 0 Å². The van der Waals surface area contributed by atoms with E-state index in [0.717, 1.165) is 15.9 Å². The SMILES string of the molecule is Cc1ccc([N+]([O-])=Cc2ccc(Cl)cc2)cc1C. The fourth-order valence-corrected chi connectivity index (χ4v) is 1.75. The van der Waals surface area contributed by atoms with Crippen molar-refractivity contribution in [3.05, 3.63) is 69.4 Å². The first-order valence-corrected chi connectivity index (χ1v) is 6.08. The van der Waals surface area contributed by atoms with Crippen LogP contribution in [0.1, 0.15) is 16.7 Å². The molecule has 0 bridgehead atoms. The molecule has 2 aromatic carbocycles. The maximum atomic E-state index is 12.0. The smallest absolute Gasteiger partial charge is 0.216 e. The first-order chi connectivity index (χ1) is 8.56. The van der Waals surface area contributed by atoms with Gasteiger partial charge in [-0.1, -0.05) is 17.7 Å². The van der Waals surface area contributed by atoms with Gasteiger partial charge in [0.1, 0.15) is 0 Å². The van der Waals surface area contributed by atoms with Crippen LogP contribution in [0, 0.1) is 19.1 Å². The van der Waals surface area contributed by atoms with Crippen LogP contribution in [0.25, 0.3) is 0 Å². The van der Waals surface area contributed by atoms with E-state index in [1.807, 2.05) is 44.2 Å². The Morgan fingerprint density at radius 3 is 2.28 bits per heavy atom. The highest BCUT2D eigenvalue weighted by Gasteiger charge is 2.03. The van der Waals surface area contributed by atoms with E-state index in [2.05, 4.69) is 0 Å². The molecule has 0 N–H and O–H groups in total. The zero-order chi connectivity index (χ0) is 13.1. The van der Waals surface area contributed by atoms with Gasteiger partial charge in [0.15, 0.2) is 6.21 Å². The van der Waals surface area contributed by atoms with Gasteiger partial charge in [-0.3, -0.25) is 0 Å². The Kier molecular flexibility index (Phi) is 3.68. The first-order valence-electron chi connectivity index (χ1n) is 5.70. The van der Waals surface area contributed by atoms with Crippen LogP contribution in [-0.2, 0) is 0 Å². The summed E-state index contributed by atoms with van der Waals surface area (Å²) in [6.07, 6.45) is 1.54. The van der Waals surface area contributed by atoms with Crippen molar-refractivity contribution in [3.8, 4) is 0 Å². The van der Waals surface area contributed by atoms with Crippen molar-refractivity contribution >= 4 is 23.5 Å². The van der Waals surface area contributed by atoms with Crippen LogP contribution >= 0.6 is 11.6 Å². The number of rotatable bonds is 2. The molecule has 0 saturated carbocycles. The van der Waals surface area contributed by atoms with Crippen LogP contribution in [0.2, 0.25) is 5.02 Å². The van der Waals surface area contributed by atoms with Crippen molar-refractivity contribution in [2.24, 2.45) is 0 Å². The third-order valence-electron chi connectivity index (χ3n) is 2.88. The van der Waals surface area contributed by atoms with Gasteiger partial charge >= 0.3 is 0 Å². The Labute approximate surface area is 112 Å².